The van der Waals surface area contributed by atoms with Crippen LogP contribution in [0.15, 0.2) is 18.2 Å². The van der Waals surface area contributed by atoms with Crippen molar-refractivity contribution in [3.63, 3.8) is 0 Å². The van der Waals surface area contributed by atoms with Gasteiger partial charge in [-0.05, 0) is 43.9 Å². The summed E-state index contributed by atoms with van der Waals surface area (Å²) in [6.07, 6.45) is 1.71. The number of carbonyl (C=O) groups is 1. The number of rotatable bonds is 10. The third-order valence-corrected chi connectivity index (χ3v) is 3.95. The summed E-state index contributed by atoms with van der Waals surface area (Å²) in [7, 11) is 1.80. The highest BCUT2D eigenvalue weighted by molar-refractivity contribution is 5.94. The molecule has 1 unspecified atom stereocenters. The lowest BCUT2D eigenvalue weighted by molar-refractivity contribution is 0.0788. The highest BCUT2D eigenvalue weighted by atomic mass is 16.5. The second kappa shape index (κ2) is 10.2. The van der Waals surface area contributed by atoms with Crippen LogP contribution in [0.4, 0.5) is 0 Å². The lowest BCUT2D eigenvalue weighted by Crippen LogP contribution is -2.34. The Morgan fingerprint density at radius 1 is 1.21 bits per heavy atom. The highest BCUT2D eigenvalue weighted by Gasteiger charge is 2.17. The first-order chi connectivity index (χ1) is 11.4. The van der Waals surface area contributed by atoms with Crippen LogP contribution in [0.1, 0.15) is 50.9 Å². The molecule has 1 rings (SSSR count). The van der Waals surface area contributed by atoms with Gasteiger partial charge in [-0.3, -0.25) is 4.79 Å². The summed E-state index contributed by atoms with van der Waals surface area (Å²) >= 11 is 0. The topological polar surface area (TPSA) is 64.8 Å². The van der Waals surface area contributed by atoms with Crippen LogP contribution in [0, 0.1) is 5.92 Å². The standard InChI is InChI=1S/C19H32N2O3/c1-6-12-24-17-9-8-15(13-18(17)23-7-2)19(22)21(5)11-10-16(20)14(3)4/h8-9,13-14,16H,6-7,10-12,20H2,1-5H3. The third kappa shape index (κ3) is 6.04. The molecular weight excluding hydrogens is 304 g/mol. The number of benzene rings is 1. The van der Waals surface area contributed by atoms with Crippen molar-refractivity contribution in [1.29, 1.82) is 0 Å². The SMILES string of the molecule is CCCOc1ccc(C(=O)N(C)CCC(N)C(C)C)cc1OCC. The Labute approximate surface area is 146 Å². The van der Waals surface area contributed by atoms with Gasteiger partial charge in [0.25, 0.3) is 5.91 Å². The number of hydrogen-bond donors (Lipinski definition) is 1. The zero-order valence-corrected chi connectivity index (χ0v) is 15.7. The zero-order valence-electron chi connectivity index (χ0n) is 15.7. The van der Waals surface area contributed by atoms with Crippen LogP contribution in [0.2, 0.25) is 0 Å². The van der Waals surface area contributed by atoms with Crippen LogP contribution in [0.5, 0.6) is 11.5 Å². The average Bonchev–Trinajstić information content (AvgIpc) is 2.57. The lowest BCUT2D eigenvalue weighted by atomic mass is 10.0. The fourth-order valence-corrected chi connectivity index (χ4v) is 2.24. The fraction of sp³-hybridized carbons (Fsp3) is 0.632. The minimum absolute atomic E-state index is 0.0334. The van der Waals surface area contributed by atoms with Crippen molar-refractivity contribution < 1.29 is 14.3 Å². The van der Waals surface area contributed by atoms with Crippen molar-refractivity contribution in [3.05, 3.63) is 23.8 Å². The van der Waals surface area contributed by atoms with Crippen LogP contribution >= 0.6 is 0 Å². The van der Waals surface area contributed by atoms with Gasteiger partial charge in [0, 0.05) is 25.2 Å². The Bertz CT molecular complexity index is 517. The Hall–Kier alpha value is -1.75. The normalized spacial score (nSPS) is 12.1. The maximum Gasteiger partial charge on any atom is 0.253 e. The molecule has 0 aliphatic rings. The molecule has 0 aliphatic carbocycles. The van der Waals surface area contributed by atoms with Crippen LogP contribution in [-0.4, -0.2) is 43.7 Å². The summed E-state index contributed by atoms with van der Waals surface area (Å²) in [5, 5.41) is 0. The smallest absolute Gasteiger partial charge is 0.253 e. The summed E-state index contributed by atoms with van der Waals surface area (Å²) in [5.74, 6) is 1.67. The van der Waals surface area contributed by atoms with Gasteiger partial charge in [0.2, 0.25) is 0 Å². The Morgan fingerprint density at radius 3 is 2.50 bits per heavy atom. The van der Waals surface area contributed by atoms with Gasteiger partial charge in [-0.15, -0.1) is 0 Å². The van der Waals surface area contributed by atoms with E-state index in [1.54, 1.807) is 24.1 Å². The second-order valence-corrected chi connectivity index (χ2v) is 6.37. The van der Waals surface area contributed by atoms with Gasteiger partial charge in [0.05, 0.1) is 13.2 Å². The predicted octanol–water partition coefficient (Wildman–Crippen LogP) is 3.32. The summed E-state index contributed by atoms with van der Waals surface area (Å²) in [6.45, 7) is 9.94. The Balaban J connectivity index is 2.80. The number of nitrogens with two attached hydrogens (primary N) is 1. The molecule has 24 heavy (non-hydrogen) atoms. The van der Waals surface area contributed by atoms with E-state index in [2.05, 4.69) is 20.8 Å². The summed E-state index contributed by atoms with van der Waals surface area (Å²) in [4.78, 5) is 14.3. The molecule has 5 nitrogen and oxygen atoms in total. The van der Waals surface area contributed by atoms with E-state index in [-0.39, 0.29) is 11.9 Å². The Kier molecular flexibility index (Phi) is 8.61. The fourth-order valence-electron chi connectivity index (χ4n) is 2.24. The number of nitrogens with zero attached hydrogens (tertiary/aromatic N) is 1. The van der Waals surface area contributed by atoms with Gasteiger partial charge < -0.3 is 20.1 Å². The van der Waals surface area contributed by atoms with Crippen LogP contribution in [0.3, 0.4) is 0 Å². The molecule has 0 aromatic heterocycles. The first kappa shape index (κ1) is 20.3. The van der Waals surface area contributed by atoms with Crippen LogP contribution < -0.4 is 15.2 Å². The van der Waals surface area contributed by atoms with Crippen molar-refractivity contribution in [1.82, 2.24) is 4.90 Å². The molecule has 0 radical (unpaired) electrons. The first-order valence-electron chi connectivity index (χ1n) is 8.81. The quantitative estimate of drug-likeness (QED) is 0.712. The van der Waals surface area contributed by atoms with Crippen molar-refractivity contribution in [2.75, 3.05) is 26.8 Å². The molecule has 0 saturated carbocycles. The van der Waals surface area contributed by atoms with Gasteiger partial charge in [0.15, 0.2) is 11.5 Å². The molecule has 136 valence electrons. The molecule has 0 aliphatic heterocycles. The minimum atomic E-state index is -0.0334. The summed E-state index contributed by atoms with van der Waals surface area (Å²) < 4.78 is 11.3. The van der Waals surface area contributed by atoms with E-state index < -0.39 is 0 Å². The molecule has 0 saturated heterocycles. The van der Waals surface area contributed by atoms with Crippen molar-refractivity contribution in [2.24, 2.45) is 11.7 Å². The number of amides is 1. The van der Waals surface area contributed by atoms with E-state index in [0.29, 0.717) is 42.7 Å². The zero-order chi connectivity index (χ0) is 18.1. The third-order valence-electron chi connectivity index (χ3n) is 3.95. The summed E-state index contributed by atoms with van der Waals surface area (Å²) in [5.41, 5.74) is 6.66. The molecular formula is C19H32N2O3. The molecule has 0 bridgehead atoms. The van der Waals surface area contributed by atoms with Gasteiger partial charge >= 0.3 is 0 Å². The molecule has 1 aromatic carbocycles. The maximum absolute atomic E-state index is 12.6. The van der Waals surface area contributed by atoms with Crippen molar-refractivity contribution in [3.8, 4) is 11.5 Å². The van der Waals surface area contributed by atoms with Crippen molar-refractivity contribution >= 4 is 5.91 Å². The number of carbonyl (C=O) groups excluding carboxylic acids is 1. The van der Waals surface area contributed by atoms with E-state index in [0.717, 1.165) is 12.8 Å². The molecule has 5 heteroatoms. The van der Waals surface area contributed by atoms with Gasteiger partial charge in [-0.1, -0.05) is 20.8 Å². The number of ether oxygens (including phenoxy) is 2. The maximum atomic E-state index is 12.6. The molecule has 1 atom stereocenters. The predicted molar refractivity (Wildman–Crippen MR) is 97.8 cm³/mol. The van der Waals surface area contributed by atoms with Crippen LogP contribution in [0.25, 0.3) is 0 Å². The monoisotopic (exact) mass is 336 g/mol. The van der Waals surface area contributed by atoms with E-state index in [1.165, 1.54) is 0 Å². The second-order valence-electron chi connectivity index (χ2n) is 6.37. The van der Waals surface area contributed by atoms with Crippen molar-refractivity contribution in [2.45, 2.75) is 46.6 Å². The van der Waals surface area contributed by atoms with Gasteiger partial charge in [-0.2, -0.15) is 0 Å². The average molecular weight is 336 g/mol. The Morgan fingerprint density at radius 2 is 1.92 bits per heavy atom. The number of hydrogen-bond acceptors (Lipinski definition) is 4. The molecule has 0 spiro atoms. The molecule has 1 aromatic rings. The van der Waals surface area contributed by atoms with Gasteiger partial charge in [0.1, 0.15) is 0 Å². The first-order valence-corrected chi connectivity index (χ1v) is 8.81. The minimum Gasteiger partial charge on any atom is -0.490 e. The largest absolute Gasteiger partial charge is 0.490 e. The molecule has 2 N–H and O–H groups in total. The molecule has 0 heterocycles. The van der Waals surface area contributed by atoms with E-state index in [9.17, 15) is 4.79 Å². The van der Waals surface area contributed by atoms with E-state index in [4.69, 9.17) is 15.2 Å². The molecule has 0 fully saturated rings. The summed E-state index contributed by atoms with van der Waals surface area (Å²) in [6, 6.07) is 5.45. The van der Waals surface area contributed by atoms with E-state index >= 15 is 0 Å². The van der Waals surface area contributed by atoms with E-state index in [1.807, 2.05) is 13.0 Å². The van der Waals surface area contributed by atoms with Crippen LogP contribution in [-0.2, 0) is 0 Å². The lowest BCUT2D eigenvalue weighted by Gasteiger charge is -2.22. The molecule has 1 amide bonds. The highest BCUT2D eigenvalue weighted by Crippen LogP contribution is 2.29. The van der Waals surface area contributed by atoms with Gasteiger partial charge in [-0.25, -0.2) is 0 Å².